The number of rotatable bonds is 3. The van der Waals surface area contributed by atoms with Crippen molar-refractivity contribution in [3.05, 3.63) is 58.9 Å². The molecule has 2 aliphatic rings. The van der Waals surface area contributed by atoms with E-state index in [1.807, 2.05) is 25.3 Å². The monoisotopic (exact) mass is 339 g/mol. The van der Waals surface area contributed by atoms with Crippen LogP contribution in [-0.4, -0.2) is 37.2 Å². The molecule has 25 heavy (non-hydrogen) atoms. The third-order valence-electron chi connectivity index (χ3n) is 5.79. The molecule has 2 aromatic rings. The summed E-state index contributed by atoms with van der Waals surface area (Å²) < 4.78 is 5.99. The number of methoxy groups -OCH3 is 1. The number of fused-ring (bicyclic) bond motifs is 2. The number of benzene rings is 1. The molecule has 1 aliphatic heterocycles. The average Bonchev–Trinajstić information content (AvgIpc) is 3.17. The number of aromatic amines is 1. The topological polar surface area (TPSA) is 66.1 Å². The molecule has 1 saturated heterocycles. The van der Waals surface area contributed by atoms with Gasteiger partial charge >= 0.3 is 0 Å². The zero-order valence-corrected chi connectivity index (χ0v) is 14.8. The Morgan fingerprint density at radius 1 is 1.28 bits per heavy atom. The molecule has 1 aliphatic carbocycles. The van der Waals surface area contributed by atoms with Crippen molar-refractivity contribution >= 4 is 5.91 Å². The third-order valence-corrected chi connectivity index (χ3v) is 5.79. The van der Waals surface area contributed by atoms with Crippen molar-refractivity contribution in [3.63, 3.8) is 0 Å². The number of piperidine rings is 1. The van der Waals surface area contributed by atoms with Crippen LogP contribution in [0.15, 0.2) is 36.5 Å². The first-order chi connectivity index (χ1) is 12.2. The number of carbonyl (C=O) groups is 1. The zero-order valence-electron chi connectivity index (χ0n) is 14.8. The number of nitrogens with one attached hydrogen (secondary N) is 3. The van der Waals surface area contributed by atoms with Gasteiger partial charge < -0.3 is 20.4 Å². The molecule has 4 rings (SSSR count). The van der Waals surface area contributed by atoms with Crippen LogP contribution in [-0.2, 0) is 10.2 Å². The first-order valence-electron chi connectivity index (χ1n) is 8.94. The number of hydrogen-bond donors (Lipinski definition) is 3. The Kier molecular flexibility index (Phi) is 4.13. The van der Waals surface area contributed by atoms with Gasteiger partial charge in [-0.3, -0.25) is 4.79 Å². The molecule has 1 amide bonds. The molecule has 0 radical (unpaired) electrons. The first kappa shape index (κ1) is 16.4. The van der Waals surface area contributed by atoms with E-state index < -0.39 is 0 Å². The fourth-order valence-electron chi connectivity index (χ4n) is 4.65. The van der Waals surface area contributed by atoms with E-state index in [-0.39, 0.29) is 23.5 Å². The van der Waals surface area contributed by atoms with Crippen molar-refractivity contribution < 1.29 is 9.53 Å². The van der Waals surface area contributed by atoms with Gasteiger partial charge in [0.2, 0.25) is 0 Å². The van der Waals surface area contributed by atoms with Gasteiger partial charge in [0.1, 0.15) is 5.69 Å². The summed E-state index contributed by atoms with van der Waals surface area (Å²) in [6.07, 6.45) is 3.85. The molecule has 1 spiro atoms. The molecule has 2 atom stereocenters. The lowest BCUT2D eigenvalue weighted by molar-refractivity contribution is 0.00392. The molecule has 5 nitrogen and oxygen atoms in total. The first-order valence-corrected chi connectivity index (χ1v) is 8.94. The van der Waals surface area contributed by atoms with Crippen molar-refractivity contribution in [2.24, 2.45) is 0 Å². The molecule has 132 valence electrons. The fraction of sp³-hybridized carbons (Fsp3) is 0.450. The minimum Gasteiger partial charge on any atom is -0.378 e. The van der Waals surface area contributed by atoms with Crippen LogP contribution in [0.1, 0.15) is 46.1 Å². The van der Waals surface area contributed by atoms with Gasteiger partial charge in [0.05, 0.1) is 12.1 Å². The predicted molar refractivity (Wildman–Crippen MR) is 96.8 cm³/mol. The van der Waals surface area contributed by atoms with Gasteiger partial charge in [-0.25, -0.2) is 0 Å². The highest BCUT2D eigenvalue weighted by molar-refractivity contribution is 5.93. The van der Waals surface area contributed by atoms with Crippen LogP contribution in [0.5, 0.6) is 0 Å². The molecule has 2 heterocycles. The standard InChI is InChI=1S/C20H25N3O2/c1-13-11-16(22-12-13)19(24)23-17-14-5-3-4-6-15(14)20(18(17)25-2)7-9-21-10-8-20/h3-6,11-12,17-18,21-22H,7-10H2,1-2H3,(H,23,24)/t17-,18+/m0/s1. The fourth-order valence-corrected chi connectivity index (χ4v) is 4.65. The lowest BCUT2D eigenvalue weighted by Crippen LogP contribution is -2.49. The Labute approximate surface area is 148 Å². The molecular weight excluding hydrogens is 314 g/mol. The summed E-state index contributed by atoms with van der Waals surface area (Å²) in [7, 11) is 1.76. The minimum absolute atomic E-state index is 0.0276. The number of ether oxygens (including phenoxy) is 1. The summed E-state index contributed by atoms with van der Waals surface area (Å²) in [6.45, 7) is 3.93. The maximum absolute atomic E-state index is 12.7. The third kappa shape index (κ3) is 2.58. The summed E-state index contributed by atoms with van der Waals surface area (Å²) in [5.41, 5.74) is 4.13. The van der Waals surface area contributed by atoms with Crippen LogP contribution in [0.3, 0.4) is 0 Å². The normalized spacial score (nSPS) is 24.2. The van der Waals surface area contributed by atoms with Crippen molar-refractivity contribution in [1.82, 2.24) is 15.6 Å². The Morgan fingerprint density at radius 3 is 2.72 bits per heavy atom. The molecule has 0 unspecified atom stereocenters. The molecule has 1 fully saturated rings. The second kappa shape index (κ2) is 6.32. The van der Waals surface area contributed by atoms with E-state index >= 15 is 0 Å². The SMILES string of the molecule is CO[C@@H]1[C@@H](NC(=O)c2cc(C)c[nH]2)c2ccccc2C12CCNCC2. The van der Waals surface area contributed by atoms with Crippen LogP contribution in [0, 0.1) is 6.92 Å². The molecule has 3 N–H and O–H groups in total. The summed E-state index contributed by atoms with van der Waals surface area (Å²) in [4.78, 5) is 15.8. The van der Waals surface area contributed by atoms with Crippen LogP contribution in [0.25, 0.3) is 0 Å². The number of H-pyrrole nitrogens is 1. The predicted octanol–water partition coefficient (Wildman–Crippen LogP) is 2.44. The van der Waals surface area contributed by atoms with Gasteiger partial charge in [0.25, 0.3) is 5.91 Å². The molecule has 1 aromatic carbocycles. The summed E-state index contributed by atoms with van der Waals surface area (Å²) in [6, 6.07) is 10.2. The number of carbonyl (C=O) groups excluding carboxylic acids is 1. The van der Waals surface area contributed by atoms with Crippen LogP contribution < -0.4 is 10.6 Å². The van der Waals surface area contributed by atoms with E-state index in [1.165, 1.54) is 11.1 Å². The second-order valence-corrected chi connectivity index (χ2v) is 7.19. The van der Waals surface area contributed by atoms with Crippen molar-refractivity contribution in [2.75, 3.05) is 20.2 Å². The molecule has 0 saturated carbocycles. The van der Waals surface area contributed by atoms with E-state index in [0.717, 1.165) is 31.5 Å². The summed E-state index contributed by atoms with van der Waals surface area (Å²) >= 11 is 0. The highest BCUT2D eigenvalue weighted by Gasteiger charge is 2.53. The Morgan fingerprint density at radius 2 is 2.04 bits per heavy atom. The number of aryl methyl sites for hydroxylation is 1. The summed E-state index contributed by atoms with van der Waals surface area (Å²) in [5.74, 6) is -0.0825. The highest BCUT2D eigenvalue weighted by atomic mass is 16.5. The van der Waals surface area contributed by atoms with Crippen LogP contribution >= 0.6 is 0 Å². The smallest absolute Gasteiger partial charge is 0.268 e. The maximum Gasteiger partial charge on any atom is 0.268 e. The zero-order chi connectivity index (χ0) is 17.4. The number of amides is 1. The van der Waals surface area contributed by atoms with E-state index in [1.54, 1.807) is 7.11 Å². The number of aromatic nitrogens is 1. The lowest BCUT2D eigenvalue weighted by Gasteiger charge is -2.40. The van der Waals surface area contributed by atoms with Crippen LogP contribution in [0.2, 0.25) is 0 Å². The van der Waals surface area contributed by atoms with E-state index in [0.29, 0.717) is 5.69 Å². The van der Waals surface area contributed by atoms with Gasteiger partial charge in [-0.2, -0.15) is 0 Å². The van der Waals surface area contributed by atoms with Crippen molar-refractivity contribution in [1.29, 1.82) is 0 Å². The van der Waals surface area contributed by atoms with Crippen molar-refractivity contribution in [2.45, 2.75) is 37.3 Å². The second-order valence-electron chi connectivity index (χ2n) is 7.19. The maximum atomic E-state index is 12.7. The molecule has 0 bridgehead atoms. The quantitative estimate of drug-likeness (QED) is 0.805. The van der Waals surface area contributed by atoms with Gasteiger partial charge in [-0.05, 0) is 55.6 Å². The Hall–Kier alpha value is -2.11. The molecular formula is C20H25N3O2. The highest BCUT2D eigenvalue weighted by Crippen LogP contribution is 2.51. The van der Waals surface area contributed by atoms with Gasteiger partial charge in [0, 0.05) is 18.7 Å². The van der Waals surface area contributed by atoms with Gasteiger partial charge in [0.15, 0.2) is 0 Å². The minimum atomic E-state index is -0.129. The largest absolute Gasteiger partial charge is 0.378 e. The van der Waals surface area contributed by atoms with Gasteiger partial charge in [-0.15, -0.1) is 0 Å². The Bertz CT molecular complexity index is 777. The number of hydrogen-bond acceptors (Lipinski definition) is 3. The average molecular weight is 339 g/mol. The summed E-state index contributed by atoms with van der Waals surface area (Å²) in [5, 5.41) is 6.67. The van der Waals surface area contributed by atoms with E-state index in [9.17, 15) is 4.79 Å². The molecule has 1 aromatic heterocycles. The molecule has 5 heteroatoms. The van der Waals surface area contributed by atoms with Gasteiger partial charge in [-0.1, -0.05) is 24.3 Å². The van der Waals surface area contributed by atoms with Crippen LogP contribution in [0.4, 0.5) is 0 Å². The van der Waals surface area contributed by atoms with E-state index in [2.05, 4.69) is 33.8 Å². The lowest BCUT2D eigenvalue weighted by atomic mass is 9.72. The Balaban J connectivity index is 1.70. The van der Waals surface area contributed by atoms with Crippen molar-refractivity contribution in [3.8, 4) is 0 Å². The van der Waals surface area contributed by atoms with E-state index in [4.69, 9.17) is 4.74 Å².